The highest BCUT2D eigenvalue weighted by Crippen LogP contribution is 2.18. The average molecular weight is 423 g/mol. The quantitative estimate of drug-likeness (QED) is 0.428. The van der Waals surface area contributed by atoms with Crippen LogP contribution in [0.15, 0.2) is 29.1 Å². The molecule has 0 atom stereocenters. The van der Waals surface area contributed by atoms with Crippen molar-refractivity contribution in [2.75, 3.05) is 20.3 Å². The van der Waals surface area contributed by atoms with E-state index >= 15 is 0 Å². The van der Waals surface area contributed by atoms with Crippen LogP contribution >= 0.6 is 0 Å². The third-order valence-electron chi connectivity index (χ3n) is 5.78. The zero-order chi connectivity index (χ0) is 22.1. The molecule has 0 saturated carbocycles. The first-order valence-corrected chi connectivity index (χ1v) is 10.3. The van der Waals surface area contributed by atoms with Crippen LogP contribution < -0.4 is 5.56 Å². The SMILES string of the molecule is COCCn1c(C)cc(C(=O)COC(=O)c2ccc3c(=O)n4c(nc3c2)CCC4)c1C. The van der Waals surface area contributed by atoms with Crippen LogP contribution in [0.25, 0.3) is 10.9 Å². The van der Waals surface area contributed by atoms with Gasteiger partial charge in [0.25, 0.3) is 5.56 Å². The Bertz CT molecular complexity index is 1240. The number of benzene rings is 1. The van der Waals surface area contributed by atoms with E-state index in [1.54, 1.807) is 29.9 Å². The lowest BCUT2D eigenvalue weighted by Crippen LogP contribution is -2.21. The molecule has 3 heterocycles. The smallest absolute Gasteiger partial charge is 0.338 e. The third-order valence-corrected chi connectivity index (χ3v) is 5.78. The minimum atomic E-state index is -0.620. The van der Waals surface area contributed by atoms with Crippen molar-refractivity contribution in [1.29, 1.82) is 0 Å². The Labute approximate surface area is 179 Å². The lowest BCUT2D eigenvalue weighted by atomic mass is 10.1. The van der Waals surface area contributed by atoms with Crippen molar-refractivity contribution in [2.24, 2.45) is 0 Å². The fourth-order valence-corrected chi connectivity index (χ4v) is 4.11. The van der Waals surface area contributed by atoms with E-state index in [1.807, 2.05) is 18.4 Å². The lowest BCUT2D eigenvalue weighted by molar-refractivity contribution is 0.0474. The number of aromatic nitrogens is 3. The number of esters is 1. The Kier molecular flexibility index (Phi) is 5.73. The van der Waals surface area contributed by atoms with Crippen LogP contribution in [0.1, 0.15) is 44.3 Å². The molecule has 0 aliphatic carbocycles. The molecule has 0 amide bonds. The van der Waals surface area contributed by atoms with Crippen molar-refractivity contribution in [3.8, 4) is 0 Å². The highest BCUT2D eigenvalue weighted by Gasteiger charge is 2.20. The minimum Gasteiger partial charge on any atom is -0.454 e. The zero-order valence-electron chi connectivity index (χ0n) is 17.9. The number of carbonyl (C=O) groups excluding carboxylic acids is 2. The number of methoxy groups -OCH3 is 1. The summed E-state index contributed by atoms with van der Waals surface area (Å²) in [5, 5.41) is 0.474. The second-order valence-corrected chi connectivity index (χ2v) is 7.75. The molecule has 8 nitrogen and oxygen atoms in total. The van der Waals surface area contributed by atoms with Crippen LogP contribution in [0.5, 0.6) is 0 Å². The predicted molar refractivity (Wildman–Crippen MR) is 115 cm³/mol. The number of aryl methyl sites for hydroxylation is 2. The van der Waals surface area contributed by atoms with E-state index in [2.05, 4.69) is 4.98 Å². The minimum absolute atomic E-state index is 0.0866. The summed E-state index contributed by atoms with van der Waals surface area (Å²) in [6.45, 7) is 5.30. The van der Waals surface area contributed by atoms with Crippen molar-refractivity contribution in [3.63, 3.8) is 0 Å². The van der Waals surface area contributed by atoms with Crippen molar-refractivity contribution in [2.45, 2.75) is 39.8 Å². The van der Waals surface area contributed by atoms with Gasteiger partial charge in [0.2, 0.25) is 5.78 Å². The summed E-state index contributed by atoms with van der Waals surface area (Å²) < 4.78 is 14.1. The molecule has 0 radical (unpaired) electrons. The summed E-state index contributed by atoms with van der Waals surface area (Å²) in [7, 11) is 1.63. The van der Waals surface area contributed by atoms with Gasteiger partial charge in [-0.2, -0.15) is 0 Å². The van der Waals surface area contributed by atoms with Gasteiger partial charge in [0, 0.05) is 43.6 Å². The number of hydrogen-bond acceptors (Lipinski definition) is 6. The van der Waals surface area contributed by atoms with E-state index in [0.29, 0.717) is 36.2 Å². The van der Waals surface area contributed by atoms with Gasteiger partial charge in [0.15, 0.2) is 6.61 Å². The Hall–Kier alpha value is -3.26. The molecule has 0 bridgehead atoms. The summed E-state index contributed by atoms with van der Waals surface area (Å²) >= 11 is 0. The molecule has 1 aliphatic rings. The number of rotatable bonds is 7. The number of ketones is 1. The topological polar surface area (TPSA) is 92.4 Å². The second kappa shape index (κ2) is 8.47. The molecule has 8 heteroatoms. The molecule has 0 fully saturated rings. The van der Waals surface area contributed by atoms with E-state index in [9.17, 15) is 14.4 Å². The summed E-state index contributed by atoms with van der Waals surface area (Å²) in [5.41, 5.74) is 2.95. The number of fused-ring (bicyclic) bond motifs is 2. The maximum atomic E-state index is 12.6. The van der Waals surface area contributed by atoms with Crippen LogP contribution in [-0.4, -0.2) is 46.2 Å². The maximum Gasteiger partial charge on any atom is 0.338 e. The first kappa shape index (κ1) is 21.0. The van der Waals surface area contributed by atoms with Gasteiger partial charge in [0.1, 0.15) is 5.82 Å². The molecule has 0 spiro atoms. The molecule has 0 unspecified atom stereocenters. The number of hydrogen-bond donors (Lipinski definition) is 0. The number of carbonyl (C=O) groups is 2. The molecule has 3 aromatic rings. The molecule has 0 N–H and O–H groups in total. The molecule has 1 aliphatic heterocycles. The largest absolute Gasteiger partial charge is 0.454 e. The molecule has 2 aromatic heterocycles. The number of Topliss-reactive ketones (excluding diaryl/α,β-unsaturated/α-hetero) is 1. The molecule has 162 valence electrons. The fourth-order valence-electron chi connectivity index (χ4n) is 4.11. The molecule has 31 heavy (non-hydrogen) atoms. The number of nitrogens with zero attached hydrogens (tertiary/aromatic N) is 3. The Morgan fingerprint density at radius 3 is 2.77 bits per heavy atom. The van der Waals surface area contributed by atoms with E-state index in [1.165, 1.54) is 6.07 Å². The third kappa shape index (κ3) is 3.90. The first-order valence-electron chi connectivity index (χ1n) is 10.3. The van der Waals surface area contributed by atoms with Crippen LogP contribution in [0.2, 0.25) is 0 Å². The standard InChI is InChI=1S/C23H25N3O5/c1-14-11-18(15(2)25(14)9-10-30-3)20(27)13-31-23(29)16-6-7-17-19(12-16)24-21-5-4-8-26(21)22(17)28/h6-7,11-12H,4-5,8-10,13H2,1-3H3. The Morgan fingerprint density at radius 1 is 1.19 bits per heavy atom. The van der Waals surface area contributed by atoms with Gasteiger partial charge < -0.3 is 14.0 Å². The van der Waals surface area contributed by atoms with E-state index < -0.39 is 5.97 Å². The van der Waals surface area contributed by atoms with Crippen LogP contribution in [0, 0.1) is 13.8 Å². The van der Waals surface area contributed by atoms with Gasteiger partial charge in [-0.15, -0.1) is 0 Å². The lowest BCUT2D eigenvalue weighted by Gasteiger charge is -2.09. The molecular weight excluding hydrogens is 398 g/mol. The van der Waals surface area contributed by atoms with Crippen LogP contribution in [0.3, 0.4) is 0 Å². The van der Waals surface area contributed by atoms with Gasteiger partial charge in [-0.1, -0.05) is 0 Å². The van der Waals surface area contributed by atoms with Crippen molar-refractivity contribution >= 4 is 22.7 Å². The van der Waals surface area contributed by atoms with Crippen LogP contribution in [-0.2, 0) is 29.0 Å². The molecule has 4 rings (SSSR count). The van der Waals surface area contributed by atoms with Gasteiger partial charge in [-0.05, 0) is 44.5 Å². The van der Waals surface area contributed by atoms with E-state index in [-0.39, 0.29) is 23.5 Å². The monoisotopic (exact) mass is 423 g/mol. The summed E-state index contributed by atoms with van der Waals surface area (Å²) in [5.74, 6) is -0.145. The number of ether oxygens (including phenoxy) is 2. The van der Waals surface area contributed by atoms with Crippen molar-refractivity contribution in [1.82, 2.24) is 14.1 Å². The van der Waals surface area contributed by atoms with E-state index in [4.69, 9.17) is 9.47 Å². The van der Waals surface area contributed by atoms with Crippen molar-refractivity contribution < 1.29 is 19.1 Å². The first-order chi connectivity index (χ1) is 14.9. The van der Waals surface area contributed by atoms with Gasteiger partial charge in [-0.25, -0.2) is 9.78 Å². The van der Waals surface area contributed by atoms with Crippen molar-refractivity contribution in [3.05, 3.63) is 63.0 Å². The van der Waals surface area contributed by atoms with Gasteiger partial charge in [-0.3, -0.25) is 14.2 Å². The summed E-state index contributed by atoms with van der Waals surface area (Å²) in [6.07, 6.45) is 1.64. The highest BCUT2D eigenvalue weighted by atomic mass is 16.5. The maximum absolute atomic E-state index is 12.6. The molecular formula is C23H25N3O5. The second-order valence-electron chi connectivity index (χ2n) is 7.75. The fraction of sp³-hybridized carbons (Fsp3) is 0.391. The average Bonchev–Trinajstić information content (AvgIpc) is 3.34. The molecule has 1 aromatic carbocycles. The highest BCUT2D eigenvalue weighted by molar-refractivity contribution is 6.01. The Balaban J connectivity index is 1.49. The zero-order valence-corrected chi connectivity index (χ0v) is 17.9. The molecule has 0 saturated heterocycles. The van der Waals surface area contributed by atoms with Gasteiger partial charge >= 0.3 is 5.97 Å². The summed E-state index contributed by atoms with van der Waals surface area (Å²) in [4.78, 5) is 42.3. The Morgan fingerprint density at radius 2 is 2.00 bits per heavy atom. The van der Waals surface area contributed by atoms with Crippen LogP contribution in [0.4, 0.5) is 0 Å². The normalized spacial score (nSPS) is 12.9. The predicted octanol–water partition coefficient (Wildman–Crippen LogP) is 2.45. The van der Waals surface area contributed by atoms with E-state index in [0.717, 1.165) is 30.1 Å². The summed E-state index contributed by atoms with van der Waals surface area (Å²) in [6, 6.07) is 6.49. The van der Waals surface area contributed by atoms with Gasteiger partial charge in [0.05, 0.1) is 23.1 Å².